The van der Waals surface area contributed by atoms with Gasteiger partial charge in [-0.1, -0.05) is 61.9 Å². The van der Waals surface area contributed by atoms with Gasteiger partial charge >= 0.3 is 0 Å². The van der Waals surface area contributed by atoms with E-state index in [-0.39, 0.29) is 0 Å². The lowest BCUT2D eigenvalue weighted by molar-refractivity contribution is 0.181. The first-order valence-electron chi connectivity index (χ1n) is 10.1. The van der Waals surface area contributed by atoms with Crippen LogP contribution in [0.1, 0.15) is 78.3 Å². The van der Waals surface area contributed by atoms with Crippen molar-refractivity contribution in [3.8, 4) is 11.8 Å². The van der Waals surface area contributed by atoms with Crippen LogP contribution in [0, 0.1) is 32.6 Å². The Balaban J connectivity index is 2.08. The van der Waals surface area contributed by atoms with E-state index in [4.69, 9.17) is 0 Å². The average Bonchev–Trinajstić information content (AvgIpc) is 2.93. The minimum Gasteiger partial charge on any atom is -0.369 e. The van der Waals surface area contributed by atoms with E-state index in [2.05, 4.69) is 75.6 Å². The topological polar surface area (TPSA) is 23.5 Å². The molecule has 142 valence electrons. The van der Waals surface area contributed by atoms with E-state index in [0.29, 0.717) is 0 Å². The zero-order chi connectivity index (χ0) is 19.6. The fourth-order valence-corrected chi connectivity index (χ4v) is 4.29. The summed E-state index contributed by atoms with van der Waals surface area (Å²) in [6.07, 6.45) is 3.51. The minimum absolute atomic E-state index is 0.609. The molecule has 1 aliphatic heterocycles. The van der Waals surface area contributed by atoms with Gasteiger partial charge in [0.05, 0.1) is 0 Å². The van der Waals surface area contributed by atoms with E-state index >= 15 is 0 Å². The van der Waals surface area contributed by atoms with Gasteiger partial charge in [-0.25, -0.2) is 0 Å². The van der Waals surface area contributed by atoms with Crippen LogP contribution in [0.3, 0.4) is 0 Å². The van der Waals surface area contributed by atoms with Gasteiger partial charge in [-0.3, -0.25) is 0 Å². The van der Waals surface area contributed by atoms with E-state index < -0.39 is 6.23 Å². The van der Waals surface area contributed by atoms with Gasteiger partial charge in [0.1, 0.15) is 0 Å². The second-order valence-electron chi connectivity index (χ2n) is 7.72. The lowest BCUT2D eigenvalue weighted by atomic mass is 9.95. The van der Waals surface area contributed by atoms with Crippen molar-refractivity contribution in [1.82, 2.24) is 0 Å². The highest BCUT2D eigenvalue weighted by Gasteiger charge is 2.32. The Labute approximate surface area is 164 Å². The molecule has 2 aromatic rings. The summed E-state index contributed by atoms with van der Waals surface area (Å²) in [4.78, 5) is 2.13. The van der Waals surface area contributed by atoms with Crippen LogP contribution in [0.2, 0.25) is 0 Å². The van der Waals surface area contributed by atoms with Crippen LogP contribution >= 0.6 is 0 Å². The minimum atomic E-state index is -0.609. The predicted molar refractivity (Wildman–Crippen MR) is 114 cm³/mol. The highest BCUT2D eigenvalue weighted by molar-refractivity contribution is 5.66. The number of unbranched alkanes of at least 4 members (excludes halogenated alkanes) is 1. The molecular formula is C25H31NO. The van der Waals surface area contributed by atoms with Gasteiger partial charge in [0.2, 0.25) is 0 Å². The van der Waals surface area contributed by atoms with Gasteiger partial charge in [-0.15, -0.1) is 0 Å². The molecule has 2 nitrogen and oxygen atoms in total. The Kier molecular flexibility index (Phi) is 5.92. The molecule has 3 rings (SSSR count). The average molecular weight is 362 g/mol. The van der Waals surface area contributed by atoms with E-state index in [9.17, 15) is 5.11 Å². The summed E-state index contributed by atoms with van der Waals surface area (Å²) in [6, 6.07) is 8.67. The number of aryl methyl sites for hydroxylation is 4. The second kappa shape index (κ2) is 8.19. The van der Waals surface area contributed by atoms with Gasteiger partial charge in [-0.2, -0.15) is 0 Å². The van der Waals surface area contributed by atoms with Crippen LogP contribution in [0.4, 0.5) is 5.69 Å². The van der Waals surface area contributed by atoms with Gasteiger partial charge in [0.25, 0.3) is 0 Å². The normalized spacial score (nSPS) is 15.5. The van der Waals surface area contributed by atoms with Crippen molar-refractivity contribution < 1.29 is 5.11 Å². The first-order chi connectivity index (χ1) is 13.0. The molecule has 1 aliphatic rings. The van der Waals surface area contributed by atoms with Crippen molar-refractivity contribution in [1.29, 1.82) is 0 Å². The Bertz CT molecular complexity index is 878. The summed E-state index contributed by atoms with van der Waals surface area (Å²) in [5.41, 5.74) is 9.51. The number of anilines is 1. The zero-order valence-electron chi connectivity index (χ0n) is 17.3. The highest BCUT2D eigenvalue weighted by atomic mass is 16.3. The van der Waals surface area contributed by atoms with E-state index in [0.717, 1.165) is 49.0 Å². The predicted octanol–water partition coefficient (Wildman–Crippen LogP) is 5.73. The summed E-state index contributed by atoms with van der Waals surface area (Å²) in [7, 11) is 0. The molecule has 0 fully saturated rings. The van der Waals surface area contributed by atoms with Gasteiger partial charge in [-0.05, 0) is 55.9 Å². The smallest absolute Gasteiger partial charge is 0.153 e. The fourth-order valence-electron chi connectivity index (χ4n) is 4.29. The van der Waals surface area contributed by atoms with Crippen LogP contribution in [0.5, 0.6) is 0 Å². The second-order valence-corrected chi connectivity index (χ2v) is 7.72. The summed E-state index contributed by atoms with van der Waals surface area (Å²) in [5, 5.41) is 11.1. The van der Waals surface area contributed by atoms with Gasteiger partial charge < -0.3 is 10.0 Å². The molecule has 0 aromatic heterocycles. The largest absolute Gasteiger partial charge is 0.369 e. The number of benzene rings is 2. The summed E-state index contributed by atoms with van der Waals surface area (Å²) >= 11 is 0. The van der Waals surface area contributed by atoms with Gasteiger partial charge in [0.15, 0.2) is 6.23 Å². The molecule has 2 heteroatoms. The fraction of sp³-hybridized carbons (Fsp3) is 0.440. The third-order valence-corrected chi connectivity index (χ3v) is 5.37. The van der Waals surface area contributed by atoms with Crippen molar-refractivity contribution in [2.45, 2.75) is 73.1 Å². The van der Waals surface area contributed by atoms with Crippen LogP contribution in [-0.4, -0.2) is 5.11 Å². The molecule has 0 radical (unpaired) electrons. The molecule has 0 aliphatic carbocycles. The van der Waals surface area contributed by atoms with Crippen LogP contribution in [0.15, 0.2) is 24.3 Å². The number of nitrogens with zero attached hydrogens (tertiary/aromatic N) is 1. The molecule has 0 spiro atoms. The molecule has 1 atom stereocenters. The zero-order valence-corrected chi connectivity index (χ0v) is 17.3. The molecule has 1 heterocycles. The Hall–Kier alpha value is -2.24. The molecule has 0 saturated heterocycles. The number of hydrogen-bond donors (Lipinski definition) is 1. The SMILES string of the molecule is CCCC#Cc1c(CCC)ccc2c1CN(c1c(C)cc(C)cc1C)C2O. The number of aliphatic hydroxyl groups excluding tert-OH is 1. The molecule has 27 heavy (non-hydrogen) atoms. The van der Waals surface area contributed by atoms with Crippen LogP contribution < -0.4 is 4.90 Å². The number of fused-ring (bicyclic) bond motifs is 1. The van der Waals surface area contributed by atoms with Crippen molar-refractivity contribution in [2.24, 2.45) is 0 Å². The summed E-state index contributed by atoms with van der Waals surface area (Å²) in [6.45, 7) is 11.5. The monoisotopic (exact) mass is 361 g/mol. The van der Waals surface area contributed by atoms with Gasteiger partial charge in [0, 0.05) is 29.8 Å². The Morgan fingerprint density at radius 2 is 1.78 bits per heavy atom. The quantitative estimate of drug-likeness (QED) is 0.703. The number of rotatable bonds is 4. The maximum absolute atomic E-state index is 11.1. The molecule has 1 unspecified atom stereocenters. The molecule has 2 aromatic carbocycles. The summed E-state index contributed by atoms with van der Waals surface area (Å²) < 4.78 is 0. The van der Waals surface area contributed by atoms with Crippen LogP contribution in [0.25, 0.3) is 0 Å². The first-order valence-corrected chi connectivity index (χ1v) is 10.1. The van der Waals surface area contributed by atoms with Crippen molar-refractivity contribution in [3.05, 3.63) is 63.2 Å². The Morgan fingerprint density at radius 1 is 1.07 bits per heavy atom. The lowest BCUT2D eigenvalue weighted by Crippen LogP contribution is -2.22. The van der Waals surface area contributed by atoms with Crippen molar-refractivity contribution >= 4 is 5.69 Å². The lowest BCUT2D eigenvalue weighted by Gasteiger charge is -2.27. The van der Waals surface area contributed by atoms with Crippen molar-refractivity contribution in [3.63, 3.8) is 0 Å². The highest BCUT2D eigenvalue weighted by Crippen LogP contribution is 2.41. The molecule has 0 amide bonds. The van der Waals surface area contributed by atoms with E-state index in [1.54, 1.807) is 0 Å². The maximum Gasteiger partial charge on any atom is 0.153 e. The van der Waals surface area contributed by atoms with Crippen molar-refractivity contribution in [2.75, 3.05) is 4.90 Å². The molecule has 0 bridgehead atoms. The third kappa shape index (κ3) is 3.75. The molecular weight excluding hydrogens is 330 g/mol. The Morgan fingerprint density at radius 3 is 2.41 bits per heavy atom. The number of hydrogen-bond acceptors (Lipinski definition) is 2. The standard InChI is InChI=1S/C25H31NO/c1-6-8-9-11-21-20(10-7-2)12-13-22-23(21)16-26(25(22)27)24-18(4)14-17(3)15-19(24)5/h12-15,25,27H,6-8,10,16H2,1-5H3. The van der Waals surface area contributed by atoms with Crippen LogP contribution in [-0.2, 0) is 13.0 Å². The molecule has 1 N–H and O–H groups in total. The first kappa shape index (κ1) is 19.5. The number of aliphatic hydroxyl groups is 1. The maximum atomic E-state index is 11.1. The third-order valence-electron chi connectivity index (χ3n) is 5.37. The molecule has 0 saturated carbocycles. The summed E-state index contributed by atoms with van der Waals surface area (Å²) in [5.74, 6) is 6.77. The van der Waals surface area contributed by atoms with E-state index in [1.807, 2.05) is 0 Å². The van der Waals surface area contributed by atoms with E-state index in [1.165, 1.54) is 27.8 Å².